The van der Waals surface area contributed by atoms with E-state index in [0.29, 0.717) is 0 Å². The predicted octanol–water partition coefficient (Wildman–Crippen LogP) is 2.46. The zero-order valence-corrected chi connectivity index (χ0v) is 9.99. The molecule has 0 aromatic heterocycles. The lowest BCUT2D eigenvalue weighted by atomic mass is 10.1. The first kappa shape index (κ1) is 11.6. The van der Waals surface area contributed by atoms with Crippen LogP contribution in [-0.2, 0) is 11.3 Å². The topological polar surface area (TPSA) is 20.3 Å². The van der Waals surface area contributed by atoms with Gasteiger partial charge in [0.2, 0.25) is 0 Å². The van der Waals surface area contributed by atoms with E-state index >= 15 is 0 Å². The average molecular weight is 238 g/mol. The molecule has 16 heavy (non-hydrogen) atoms. The number of halogens is 1. The van der Waals surface area contributed by atoms with Crippen molar-refractivity contribution in [3.05, 3.63) is 35.9 Å². The van der Waals surface area contributed by atoms with E-state index < -0.39 is 0 Å². The number of likely N-dealkylation sites (tertiary alicyclic amines) is 1. The van der Waals surface area contributed by atoms with Crippen molar-refractivity contribution in [3.8, 4) is 0 Å². The third kappa shape index (κ3) is 2.63. The van der Waals surface area contributed by atoms with Gasteiger partial charge in [-0.2, -0.15) is 0 Å². The number of Topliss-reactive ketones (excluding diaryl/α,β-unsaturated/α-hetero) is 1. The molecule has 0 amide bonds. The maximum absolute atomic E-state index is 11.6. The van der Waals surface area contributed by atoms with E-state index in [4.69, 9.17) is 11.6 Å². The quantitative estimate of drug-likeness (QED) is 0.750. The lowest BCUT2D eigenvalue weighted by Gasteiger charge is -2.22. The van der Waals surface area contributed by atoms with Crippen molar-refractivity contribution in [2.75, 3.05) is 12.4 Å². The molecule has 86 valence electrons. The Hall–Kier alpha value is -0.860. The van der Waals surface area contributed by atoms with Crippen molar-refractivity contribution >= 4 is 17.4 Å². The molecule has 1 aliphatic heterocycles. The molecular formula is C13H16ClNO. The minimum atomic E-state index is 0.0395. The van der Waals surface area contributed by atoms with Crippen molar-refractivity contribution in [2.45, 2.75) is 25.4 Å². The van der Waals surface area contributed by atoms with Crippen LogP contribution in [0.3, 0.4) is 0 Å². The van der Waals surface area contributed by atoms with E-state index in [1.165, 1.54) is 5.56 Å². The molecule has 1 aromatic rings. The largest absolute Gasteiger partial charge is 0.297 e. The fourth-order valence-corrected chi connectivity index (χ4v) is 2.47. The summed E-state index contributed by atoms with van der Waals surface area (Å²) in [6.07, 6.45) is 2.05. The highest BCUT2D eigenvalue weighted by molar-refractivity contribution is 6.28. The molecule has 0 N–H and O–H groups in total. The van der Waals surface area contributed by atoms with Crippen LogP contribution >= 0.6 is 11.6 Å². The van der Waals surface area contributed by atoms with Crippen LogP contribution in [0.4, 0.5) is 0 Å². The fraction of sp³-hybridized carbons (Fsp3) is 0.462. The monoisotopic (exact) mass is 237 g/mol. The Morgan fingerprint density at radius 3 is 2.81 bits per heavy atom. The van der Waals surface area contributed by atoms with Crippen LogP contribution in [0.2, 0.25) is 0 Å². The summed E-state index contributed by atoms with van der Waals surface area (Å²) in [5.74, 6) is 0.297. The molecule has 0 saturated carbocycles. The molecule has 1 atom stereocenters. The van der Waals surface area contributed by atoms with Gasteiger partial charge >= 0.3 is 0 Å². The van der Waals surface area contributed by atoms with Crippen LogP contribution in [-0.4, -0.2) is 29.1 Å². The number of hydrogen-bond donors (Lipinski definition) is 0. The number of ketones is 1. The van der Waals surface area contributed by atoms with Gasteiger partial charge in [0.05, 0.1) is 11.9 Å². The van der Waals surface area contributed by atoms with Gasteiger partial charge in [-0.3, -0.25) is 9.69 Å². The summed E-state index contributed by atoms with van der Waals surface area (Å²) in [7, 11) is 0. The van der Waals surface area contributed by atoms with Crippen LogP contribution in [0, 0.1) is 0 Å². The summed E-state index contributed by atoms with van der Waals surface area (Å²) in [4.78, 5) is 13.9. The van der Waals surface area contributed by atoms with Crippen molar-refractivity contribution < 1.29 is 4.79 Å². The summed E-state index contributed by atoms with van der Waals surface area (Å²) in [6.45, 7) is 1.86. The molecule has 0 aliphatic carbocycles. The van der Waals surface area contributed by atoms with Gasteiger partial charge in [0, 0.05) is 6.54 Å². The highest BCUT2D eigenvalue weighted by atomic mass is 35.5. The van der Waals surface area contributed by atoms with Gasteiger partial charge in [-0.05, 0) is 24.9 Å². The standard InChI is InChI=1S/C13H16ClNO/c14-9-13(16)12-7-4-8-15(12)10-11-5-2-1-3-6-11/h1-3,5-6,12H,4,7-10H2/t12-/m1/s1. The van der Waals surface area contributed by atoms with Crippen LogP contribution in [0.1, 0.15) is 18.4 Å². The number of carbonyl (C=O) groups is 1. The molecule has 0 radical (unpaired) electrons. The van der Waals surface area contributed by atoms with Gasteiger partial charge in [0.25, 0.3) is 0 Å². The first-order valence-corrected chi connectivity index (χ1v) is 6.21. The molecule has 2 rings (SSSR count). The van der Waals surface area contributed by atoms with Crippen LogP contribution in [0.15, 0.2) is 30.3 Å². The van der Waals surface area contributed by atoms with E-state index in [-0.39, 0.29) is 17.7 Å². The van der Waals surface area contributed by atoms with E-state index in [9.17, 15) is 4.79 Å². The highest BCUT2D eigenvalue weighted by Crippen LogP contribution is 2.21. The molecule has 1 heterocycles. The van der Waals surface area contributed by atoms with Crippen LogP contribution in [0.25, 0.3) is 0 Å². The highest BCUT2D eigenvalue weighted by Gasteiger charge is 2.29. The number of nitrogens with zero attached hydrogens (tertiary/aromatic N) is 1. The third-order valence-corrected chi connectivity index (χ3v) is 3.36. The molecular weight excluding hydrogens is 222 g/mol. The second-order valence-corrected chi connectivity index (χ2v) is 4.48. The minimum Gasteiger partial charge on any atom is -0.297 e. The van der Waals surface area contributed by atoms with Crippen molar-refractivity contribution in [1.29, 1.82) is 0 Å². The number of benzene rings is 1. The van der Waals surface area contributed by atoms with Gasteiger partial charge in [-0.25, -0.2) is 0 Å². The molecule has 3 heteroatoms. The van der Waals surface area contributed by atoms with E-state index in [1.807, 2.05) is 18.2 Å². The molecule has 2 nitrogen and oxygen atoms in total. The first-order chi connectivity index (χ1) is 7.81. The van der Waals surface area contributed by atoms with Crippen molar-refractivity contribution in [2.24, 2.45) is 0 Å². The van der Waals surface area contributed by atoms with Gasteiger partial charge in [0.15, 0.2) is 5.78 Å². The van der Waals surface area contributed by atoms with Crippen molar-refractivity contribution in [3.63, 3.8) is 0 Å². The van der Waals surface area contributed by atoms with Gasteiger partial charge in [-0.15, -0.1) is 11.6 Å². The number of rotatable bonds is 4. The molecule has 1 saturated heterocycles. The van der Waals surface area contributed by atoms with Crippen LogP contribution in [0.5, 0.6) is 0 Å². The maximum atomic E-state index is 11.6. The fourth-order valence-electron chi connectivity index (χ4n) is 2.29. The molecule has 1 fully saturated rings. The first-order valence-electron chi connectivity index (χ1n) is 5.68. The van der Waals surface area contributed by atoms with E-state index in [0.717, 1.165) is 25.9 Å². The molecule has 0 unspecified atom stereocenters. The Kier molecular flexibility index (Phi) is 3.97. The summed E-state index contributed by atoms with van der Waals surface area (Å²) >= 11 is 5.62. The molecule has 1 aromatic carbocycles. The second kappa shape index (κ2) is 5.46. The number of alkyl halides is 1. The average Bonchev–Trinajstić information content (AvgIpc) is 2.77. The normalized spacial score (nSPS) is 21.2. The SMILES string of the molecule is O=C(CCl)[C@H]1CCCN1Cc1ccccc1. The zero-order chi connectivity index (χ0) is 11.4. The Bertz CT molecular complexity index is 352. The zero-order valence-electron chi connectivity index (χ0n) is 9.23. The van der Waals surface area contributed by atoms with Gasteiger partial charge < -0.3 is 0 Å². The summed E-state index contributed by atoms with van der Waals surface area (Å²) in [5.41, 5.74) is 1.26. The molecule has 0 bridgehead atoms. The van der Waals surface area contributed by atoms with Crippen molar-refractivity contribution in [1.82, 2.24) is 4.90 Å². The minimum absolute atomic E-state index is 0.0395. The summed E-state index contributed by atoms with van der Waals surface area (Å²) in [6, 6.07) is 10.3. The Morgan fingerprint density at radius 1 is 1.38 bits per heavy atom. The lowest BCUT2D eigenvalue weighted by Crippen LogP contribution is -2.36. The van der Waals surface area contributed by atoms with Gasteiger partial charge in [0.1, 0.15) is 0 Å². The van der Waals surface area contributed by atoms with Gasteiger partial charge in [-0.1, -0.05) is 30.3 Å². The number of hydrogen-bond acceptors (Lipinski definition) is 2. The summed E-state index contributed by atoms with van der Waals surface area (Å²) in [5, 5.41) is 0. The Morgan fingerprint density at radius 2 is 2.12 bits per heavy atom. The van der Waals surface area contributed by atoms with E-state index in [1.54, 1.807) is 0 Å². The predicted molar refractivity (Wildman–Crippen MR) is 65.6 cm³/mol. The molecule has 1 aliphatic rings. The van der Waals surface area contributed by atoms with Crippen LogP contribution < -0.4 is 0 Å². The second-order valence-electron chi connectivity index (χ2n) is 4.21. The van der Waals surface area contributed by atoms with E-state index in [2.05, 4.69) is 17.0 Å². The Balaban J connectivity index is 2.01. The Labute approximate surface area is 101 Å². The maximum Gasteiger partial charge on any atom is 0.164 e. The number of carbonyl (C=O) groups excluding carboxylic acids is 1. The summed E-state index contributed by atoms with van der Waals surface area (Å²) < 4.78 is 0. The third-order valence-electron chi connectivity index (χ3n) is 3.10. The smallest absolute Gasteiger partial charge is 0.164 e. The molecule has 0 spiro atoms. The lowest BCUT2D eigenvalue weighted by molar-refractivity contribution is -0.121.